The molecule has 0 unspecified atom stereocenters. The maximum Gasteiger partial charge on any atom is 0.336 e. The first-order chi connectivity index (χ1) is 15.9. The smallest absolute Gasteiger partial charge is 0.336 e. The minimum Gasteiger partial charge on any atom is -0.478 e. The lowest BCUT2D eigenvalue weighted by Crippen LogP contribution is -2.06. The standard InChI is InChI=1S/C8H12N2.2C8H6O4/c1-5-6(2)10-8(4)7(3)9-5;2*9-7(10)5-3-1-2-4-6(5)8(11)12/h1-4H3;2*1-4H,(H,9,10)(H,11,12). The summed E-state index contributed by atoms with van der Waals surface area (Å²) in [6.07, 6.45) is 0. The Labute approximate surface area is 195 Å². The fourth-order valence-electron chi connectivity index (χ4n) is 2.54. The molecule has 0 fully saturated rings. The number of benzene rings is 2. The van der Waals surface area contributed by atoms with Crippen molar-refractivity contribution in [2.45, 2.75) is 27.7 Å². The number of hydrogen-bond acceptors (Lipinski definition) is 6. The zero-order valence-corrected chi connectivity index (χ0v) is 18.9. The summed E-state index contributed by atoms with van der Waals surface area (Å²) in [5.74, 6) is -4.91. The fourth-order valence-corrected chi connectivity index (χ4v) is 2.54. The minimum absolute atomic E-state index is 0.190. The summed E-state index contributed by atoms with van der Waals surface area (Å²) in [5, 5.41) is 34.2. The van der Waals surface area contributed by atoms with Crippen LogP contribution in [0.1, 0.15) is 64.2 Å². The number of hydrogen-bond donors (Lipinski definition) is 4. The Kier molecular flexibility index (Phi) is 10.0. The average Bonchev–Trinajstić information content (AvgIpc) is 2.78. The highest BCUT2D eigenvalue weighted by Crippen LogP contribution is 2.09. The van der Waals surface area contributed by atoms with Gasteiger partial charge in [-0.15, -0.1) is 0 Å². The molecule has 3 aromatic rings. The van der Waals surface area contributed by atoms with Crippen LogP contribution in [-0.4, -0.2) is 54.3 Å². The first-order valence-corrected chi connectivity index (χ1v) is 9.76. The third-order valence-electron chi connectivity index (χ3n) is 4.49. The van der Waals surface area contributed by atoms with Gasteiger partial charge in [0.25, 0.3) is 0 Å². The quantitative estimate of drug-likeness (QED) is 0.440. The Morgan fingerprint density at radius 1 is 0.471 bits per heavy atom. The van der Waals surface area contributed by atoms with Gasteiger partial charge < -0.3 is 20.4 Å². The number of carboxylic acids is 4. The van der Waals surface area contributed by atoms with E-state index in [4.69, 9.17) is 20.4 Å². The van der Waals surface area contributed by atoms with E-state index in [9.17, 15) is 19.2 Å². The third kappa shape index (κ3) is 7.83. The first kappa shape index (κ1) is 27.4. The molecule has 0 amide bonds. The van der Waals surface area contributed by atoms with Gasteiger partial charge in [-0.2, -0.15) is 0 Å². The van der Waals surface area contributed by atoms with E-state index < -0.39 is 23.9 Å². The number of carbonyl (C=O) groups is 4. The van der Waals surface area contributed by atoms with Crippen molar-refractivity contribution in [3.05, 3.63) is 93.6 Å². The molecule has 10 heteroatoms. The second-order valence-electron chi connectivity index (χ2n) is 6.88. The molecule has 4 N–H and O–H groups in total. The molecule has 0 radical (unpaired) electrons. The van der Waals surface area contributed by atoms with Crippen molar-refractivity contribution in [3.8, 4) is 0 Å². The average molecular weight is 468 g/mol. The maximum absolute atomic E-state index is 10.5. The molecular weight excluding hydrogens is 444 g/mol. The van der Waals surface area contributed by atoms with Gasteiger partial charge in [0.2, 0.25) is 0 Å². The van der Waals surface area contributed by atoms with Crippen molar-refractivity contribution in [1.29, 1.82) is 0 Å². The summed E-state index contributed by atoms with van der Waals surface area (Å²) in [4.78, 5) is 50.5. The van der Waals surface area contributed by atoms with E-state index in [0.29, 0.717) is 0 Å². The summed E-state index contributed by atoms with van der Waals surface area (Å²) >= 11 is 0. The Balaban J connectivity index is 0.000000256. The Hall–Kier alpha value is -4.60. The van der Waals surface area contributed by atoms with Crippen molar-refractivity contribution in [2.75, 3.05) is 0 Å². The molecule has 0 aliphatic carbocycles. The van der Waals surface area contributed by atoms with Crippen LogP contribution >= 0.6 is 0 Å². The van der Waals surface area contributed by atoms with Crippen LogP contribution in [0.3, 0.4) is 0 Å². The molecule has 1 heterocycles. The normalized spacial score (nSPS) is 9.53. The van der Waals surface area contributed by atoms with E-state index in [1.165, 1.54) is 48.5 Å². The van der Waals surface area contributed by atoms with Gasteiger partial charge in [-0.25, -0.2) is 19.2 Å². The van der Waals surface area contributed by atoms with Crippen molar-refractivity contribution >= 4 is 23.9 Å². The molecule has 3 rings (SSSR count). The highest BCUT2D eigenvalue weighted by Gasteiger charge is 2.14. The summed E-state index contributed by atoms with van der Waals surface area (Å²) in [6.45, 7) is 7.92. The van der Waals surface area contributed by atoms with Crippen LogP contribution in [0.4, 0.5) is 0 Å². The van der Waals surface area contributed by atoms with Crippen LogP contribution in [0.5, 0.6) is 0 Å². The van der Waals surface area contributed by atoms with Crippen LogP contribution in [0.25, 0.3) is 0 Å². The molecule has 0 aliphatic heterocycles. The monoisotopic (exact) mass is 468 g/mol. The minimum atomic E-state index is -1.23. The lowest BCUT2D eigenvalue weighted by atomic mass is 10.1. The van der Waals surface area contributed by atoms with Gasteiger partial charge in [0.05, 0.1) is 45.0 Å². The Morgan fingerprint density at radius 3 is 0.794 bits per heavy atom. The molecule has 1 aromatic heterocycles. The largest absolute Gasteiger partial charge is 0.478 e. The van der Waals surface area contributed by atoms with Gasteiger partial charge in [-0.1, -0.05) is 24.3 Å². The number of aryl methyl sites for hydroxylation is 4. The Morgan fingerprint density at radius 2 is 0.647 bits per heavy atom. The summed E-state index contributed by atoms with van der Waals surface area (Å²) < 4.78 is 0. The van der Waals surface area contributed by atoms with Crippen molar-refractivity contribution < 1.29 is 39.6 Å². The van der Waals surface area contributed by atoms with E-state index in [1.807, 2.05) is 27.7 Å². The predicted molar refractivity (Wildman–Crippen MR) is 122 cm³/mol. The van der Waals surface area contributed by atoms with Crippen LogP contribution in [0.2, 0.25) is 0 Å². The van der Waals surface area contributed by atoms with Gasteiger partial charge in [-0.05, 0) is 52.0 Å². The second-order valence-corrected chi connectivity index (χ2v) is 6.88. The lowest BCUT2D eigenvalue weighted by Gasteiger charge is -2.01. The van der Waals surface area contributed by atoms with Crippen LogP contribution < -0.4 is 0 Å². The van der Waals surface area contributed by atoms with Crippen molar-refractivity contribution in [3.63, 3.8) is 0 Å². The second kappa shape index (κ2) is 12.4. The molecule has 10 nitrogen and oxygen atoms in total. The number of carboxylic acid groups (broad SMARTS) is 4. The number of aromatic nitrogens is 2. The highest BCUT2D eigenvalue weighted by molar-refractivity contribution is 6.02. The summed E-state index contributed by atoms with van der Waals surface area (Å²) in [5.41, 5.74) is 3.36. The zero-order valence-electron chi connectivity index (χ0n) is 18.9. The molecule has 0 saturated carbocycles. The lowest BCUT2D eigenvalue weighted by molar-refractivity contribution is 0.0651. The third-order valence-corrected chi connectivity index (χ3v) is 4.49. The molecule has 2 aromatic carbocycles. The van der Waals surface area contributed by atoms with Crippen LogP contribution in [0, 0.1) is 27.7 Å². The van der Waals surface area contributed by atoms with Crippen LogP contribution in [-0.2, 0) is 0 Å². The molecule has 0 bridgehead atoms. The van der Waals surface area contributed by atoms with Crippen LogP contribution in [0.15, 0.2) is 48.5 Å². The van der Waals surface area contributed by atoms with E-state index in [1.54, 1.807) is 0 Å². The fraction of sp³-hybridized carbons (Fsp3) is 0.167. The topological polar surface area (TPSA) is 175 Å². The number of aromatic carboxylic acids is 4. The molecule has 0 spiro atoms. The SMILES string of the molecule is Cc1nc(C)c(C)nc1C.O=C(O)c1ccccc1C(=O)O.O=C(O)c1ccccc1C(=O)O. The molecule has 178 valence electrons. The molecule has 0 aliphatic rings. The molecule has 0 atom stereocenters. The molecule has 0 saturated heterocycles. The van der Waals surface area contributed by atoms with Gasteiger partial charge in [0, 0.05) is 0 Å². The van der Waals surface area contributed by atoms with Gasteiger partial charge in [-0.3, -0.25) is 9.97 Å². The first-order valence-electron chi connectivity index (χ1n) is 9.76. The van der Waals surface area contributed by atoms with E-state index in [2.05, 4.69) is 9.97 Å². The van der Waals surface area contributed by atoms with Crippen molar-refractivity contribution in [2.24, 2.45) is 0 Å². The summed E-state index contributed by atoms with van der Waals surface area (Å²) in [7, 11) is 0. The van der Waals surface area contributed by atoms with Gasteiger partial charge in [0.15, 0.2) is 0 Å². The maximum atomic E-state index is 10.5. The highest BCUT2D eigenvalue weighted by atomic mass is 16.4. The van der Waals surface area contributed by atoms with Gasteiger partial charge in [0.1, 0.15) is 0 Å². The predicted octanol–water partition coefficient (Wildman–Crippen LogP) is 3.88. The Bertz CT molecular complexity index is 1040. The van der Waals surface area contributed by atoms with Crippen molar-refractivity contribution in [1.82, 2.24) is 9.97 Å². The number of nitrogens with zero attached hydrogens (tertiary/aromatic N) is 2. The molecular formula is C24H24N2O8. The van der Waals surface area contributed by atoms with E-state index >= 15 is 0 Å². The molecule has 34 heavy (non-hydrogen) atoms. The zero-order chi connectivity index (χ0) is 26.0. The van der Waals surface area contributed by atoms with E-state index in [-0.39, 0.29) is 22.3 Å². The van der Waals surface area contributed by atoms with Gasteiger partial charge >= 0.3 is 23.9 Å². The summed E-state index contributed by atoms with van der Waals surface area (Å²) in [6, 6.07) is 11.0. The number of rotatable bonds is 4. The van der Waals surface area contributed by atoms with E-state index in [0.717, 1.165) is 22.8 Å².